The van der Waals surface area contributed by atoms with Crippen molar-refractivity contribution in [2.45, 2.75) is 32.2 Å². The van der Waals surface area contributed by atoms with Gasteiger partial charge in [-0.25, -0.2) is 4.79 Å². The van der Waals surface area contributed by atoms with Gasteiger partial charge in [0.15, 0.2) is 0 Å². The predicted molar refractivity (Wildman–Crippen MR) is 94.7 cm³/mol. The van der Waals surface area contributed by atoms with Crippen molar-refractivity contribution in [3.8, 4) is 0 Å². The zero-order valence-electron chi connectivity index (χ0n) is 14.9. The van der Waals surface area contributed by atoms with E-state index in [1.54, 1.807) is 28.3 Å². The molecule has 1 atom stereocenters. The Balaban J connectivity index is 1.64. The number of rotatable bonds is 4. The maximum atomic E-state index is 12.9. The summed E-state index contributed by atoms with van der Waals surface area (Å²) in [5.74, 6) is -0.432. The molecule has 3 heterocycles. The van der Waals surface area contributed by atoms with E-state index in [0.29, 0.717) is 39.0 Å². The summed E-state index contributed by atoms with van der Waals surface area (Å²) in [5, 5.41) is 9.04. The van der Waals surface area contributed by atoms with Gasteiger partial charge in [-0.3, -0.25) is 14.6 Å². The van der Waals surface area contributed by atoms with E-state index in [1.165, 1.54) is 4.90 Å². The number of hydrogen-bond donors (Lipinski definition) is 1. The highest BCUT2D eigenvalue weighted by Gasteiger charge is 2.40. The fourth-order valence-electron chi connectivity index (χ4n) is 3.82. The molecule has 1 aromatic heterocycles. The van der Waals surface area contributed by atoms with Crippen molar-refractivity contribution in [2.75, 3.05) is 31.1 Å². The molecule has 2 aliphatic heterocycles. The summed E-state index contributed by atoms with van der Waals surface area (Å²) < 4.78 is 0. The van der Waals surface area contributed by atoms with Gasteiger partial charge in [-0.2, -0.15) is 0 Å². The second kappa shape index (κ2) is 7.72. The molecule has 1 N–H and O–H groups in total. The second-order valence-electron chi connectivity index (χ2n) is 6.74. The first-order chi connectivity index (χ1) is 12.5. The van der Waals surface area contributed by atoms with Crippen molar-refractivity contribution in [3.05, 3.63) is 24.5 Å². The number of hydrogen-bond acceptors (Lipinski definition) is 4. The number of carbonyl (C=O) groups excluding carboxylic acids is 2. The van der Waals surface area contributed by atoms with Crippen LogP contribution in [-0.2, 0) is 9.59 Å². The Labute approximate surface area is 152 Å². The van der Waals surface area contributed by atoms with E-state index in [2.05, 4.69) is 4.98 Å². The number of anilines is 1. The molecule has 8 heteroatoms. The Morgan fingerprint density at radius 2 is 2.08 bits per heavy atom. The molecule has 0 saturated carbocycles. The van der Waals surface area contributed by atoms with Gasteiger partial charge in [-0.1, -0.05) is 0 Å². The minimum atomic E-state index is -0.917. The number of nitrogens with zero attached hydrogens (tertiary/aromatic N) is 4. The first kappa shape index (κ1) is 18.2. The van der Waals surface area contributed by atoms with E-state index in [1.807, 2.05) is 13.0 Å². The Morgan fingerprint density at radius 1 is 1.35 bits per heavy atom. The lowest BCUT2D eigenvalue weighted by atomic mass is 10.0. The third kappa shape index (κ3) is 3.63. The molecule has 3 rings (SSSR count). The van der Waals surface area contributed by atoms with Crippen molar-refractivity contribution < 1.29 is 19.5 Å². The van der Waals surface area contributed by atoms with Crippen LogP contribution in [-0.4, -0.2) is 70.0 Å². The standard InChI is InChI=1S/C18H24N4O4/c1-2-21(15-4-3-7-19-11-15)17(24)13-10-16(23)22(12-13)14-5-8-20(9-6-14)18(25)26/h3-4,7,11,13-14H,2,5-6,8-10,12H2,1H3,(H,25,26). The highest BCUT2D eigenvalue weighted by Crippen LogP contribution is 2.28. The van der Waals surface area contributed by atoms with Gasteiger partial charge in [0.05, 0.1) is 17.8 Å². The van der Waals surface area contributed by atoms with Crippen LogP contribution in [0.2, 0.25) is 0 Å². The van der Waals surface area contributed by atoms with Gasteiger partial charge >= 0.3 is 6.09 Å². The molecular formula is C18H24N4O4. The lowest BCUT2D eigenvalue weighted by Gasteiger charge is -2.35. The first-order valence-corrected chi connectivity index (χ1v) is 9.00. The number of carboxylic acid groups (broad SMARTS) is 1. The maximum Gasteiger partial charge on any atom is 0.407 e. The highest BCUT2D eigenvalue weighted by atomic mass is 16.4. The van der Waals surface area contributed by atoms with Gasteiger partial charge in [0.1, 0.15) is 0 Å². The van der Waals surface area contributed by atoms with Crippen molar-refractivity contribution in [2.24, 2.45) is 5.92 Å². The summed E-state index contributed by atoms with van der Waals surface area (Å²) in [6, 6.07) is 3.64. The van der Waals surface area contributed by atoms with Crippen LogP contribution in [0, 0.1) is 5.92 Å². The van der Waals surface area contributed by atoms with E-state index in [4.69, 9.17) is 5.11 Å². The average molecular weight is 360 g/mol. The Morgan fingerprint density at radius 3 is 2.65 bits per heavy atom. The summed E-state index contributed by atoms with van der Waals surface area (Å²) in [6.07, 6.45) is 3.86. The molecule has 1 aromatic rings. The van der Waals surface area contributed by atoms with Crippen LogP contribution in [0.3, 0.4) is 0 Å². The van der Waals surface area contributed by atoms with E-state index < -0.39 is 6.09 Å². The second-order valence-corrected chi connectivity index (χ2v) is 6.74. The van der Waals surface area contributed by atoms with Crippen molar-refractivity contribution in [3.63, 3.8) is 0 Å². The summed E-state index contributed by atoms with van der Waals surface area (Å²) in [6.45, 7) is 3.69. The molecule has 2 aliphatic rings. The number of aromatic nitrogens is 1. The number of piperidine rings is 1. The third-order valence-electron chi connectivity index (χ3n) is 5.22. The van der Waals surface area contributed by atoms with Crippen LogP contribution in [0.4, 0.5) is 10.5 Å². The molecule has 1 unspecified atom stereocenters. The number of likely N-dealkylation sites (tertiary alicyclic amines) is 2. The molecule has 0 spiro atoms. The molecule has 0 aliphatic carbocycles. The lowest BCUT2D eigenvalue weighted by Crippen LogP contribution is -2.47. The topological polar surface area (TPSA) is 94.1 Å². The largest absolute Gasteiger partial charge is 0.465 e. The van der Waals surface area contributed by atoms with E-state index >= 15 is 0 Å². The highest BCUT2D eigenvalue weighted by molar-refractivity contribution is 5.98. The fourth-order valence-corrected chi connectivity index (χ4v) is 3.82. The molecule has 8 nitrogen and oxygen atoms in total. The van der Waals surface area contributed by atoms with Crippen molar-refractivity contribution in [1.82, 2.24) is 14.8 Å². The van der Waals surface area contributed by atoms with Gasteiger partial charge in [0, 0.05) is 44.8 Å². The minimum Gasteiger partial charge on any atom is -0.465 e. The van der Waals surface area contributed by atoms with Crippen LogP contribution in [0.1, 0.15) is 26.2 Å². The Kier molecular flexibility index (Phi) is 5.39. The Hall–Kier alpha value is -2.64. The molecule has 2 saturated heterocycles. The van der Waals surface area contributed by atoms with E-state index in [0.717, 1.165) is 5.69 Å². The van der Waals surface area contributed by atoms with E-state index in [9.17, 15) is 14.4 Å². The first-order valence-electron chi connectivity index (χ1n) is 9.00. The summed E-state index contributed by atoms with van der Waals surface area (Å²) >= 11 is 0. The number of amides is 3. The average Bonchev–Trinajstić information content (AvgIpc) is 3.05. The fraction of sp³-hybridized carbons (Fsp3) is 0.556. The van der Waals surface area contributed by atoms with Crippen LogP contribution in [0.15, 0.2) is 24.5 Å². The van der Waals surface area contributed by atoms with Crippen molar-refractivity contribution in [1.29, 1.82) is 0 Å². The van der Waals surface area contributed by atoms with Gasteiger partial charge in [0.25, 0.3) is 0 Å². The summed E-state index contributed by atoms with van der Waals surface area (Å²) in [5.41, 5.74) is 0.737. The molecule has 140 valence electrons. The van der Waals surface area contributed by atoms with Crippen LogP contribution >= 0.6 is 0 Å². The van der Waals surface area contributed by atoms with Gasteiger partial charge in [-0.05, 0) is 31.9 Å². The molecule has 0 bridgehead atoms. The SMILES string of the molecule is CCN(C(=O)C1CC(=O)N(C2CCN(C(=O)O)CC2)C1)c1cccnc1. The van der Waals surface area contributed by atoms with Gasteiger partial charge in [0.2, 0.25) is 11.8 Å². The van der Waals surface area contributed by atoms with E-state index in [-0.39, 0.29) is 30.2 Å². The number of pyridine rings is 1. The van der Waals surface area contributed by atoms with Crippen molar-refractivity contribution >= 4 is 23.6 Å². The molecular weight excluding hydrogens is 336 g/mol. The number of carbonyl (C=O) groups is 3. The minimum absolute atomic E-state index is 0.0145. The molecule has 3 amide bonds. The normalized spacial score (nSPS) is 21.1. The molecule has 0 radical (unpaired) electrons. The van der Waals surface area contributed by atoms with Crippen LogP contribution in [0.25, 0.3) is 0 Å². The predicted octanol–water partition coefficient (Wildman–Crippen LogP) is 1.43. The summed E-state index contributed by atoms with van der Waals surface area (Å²) in [7, 11) is 0. The van der Waals surface area contributed by atoms with Crippen LogP contribution < -0.4 is 4.90 Å². The molecule has 0 aromatic carbocycles. The van der Waals surface area contributed by atoms with Crippen LogP contribution in [0.5, 0.6) is 0 Å². The maximum absolute atomic E-state index is 12.9. The lowest BCUT2D eigenvalue weighted by molar-refractivity contribution is -0.130. The quantitative estimate of drug-likeness (QED) is 0.876. The molecule has 26 heavy (non-hydrogen) atoms. The monoisotopic (exact) mass is 360 g/mol. The van der Waals surface area contributed by atoms with Gasteiger partial charge in [-0.15, -0.1) is 0 Å². The third-order valence-corrected chi connectivity index (χ3v) is 5.22. The van der Waals surface area contributed by atoms with Gasteiger partial charge < -0.3 is 19.8 Å². The zero-order chi connectivity index (χ0) is 18.7. The Bertz CT molecular complexity index is 673. The molecule has 2 fully saturated rings. The summed E-state index contributed by atoms with van der Waals surface area (Å²) in [4.78, 5) is 45.3. The smallest absolute Gasteiger partial charge is 0.407 e. The zero-order valence-corrected chi connectivity index (χ0v) is 14.9.